The SMILES string of the molecule is CCCC[C@H](C)[C@H](CC(=O)N[C@@H](Cc1ccc([N+](=O)[O-])cc1)C(=O)N[C@@H](C)C(=O)O)OC(=O)[C@H](N)[C@@H](C)CC. The van der Waals surface area contributed by atoms with E-state index in [1.165, 1.54) is 31.2 Å². The minimum Gasteiger partial charge on any atom is -0.480 e. The Morgan fingerprint density at radius 1 is 1.05 bits per heavy atom. The number of rotatable bonds is 17. The summed E-state index contributed by atoms with van der Waals surface area (Å²) in [5.41, 5.74) is 6.42. The number of amides is 2. The lowest BCUT2D eigenvalue weighted by atomic mass is 9.94. The number of carboxylic acid groups (broad SMARTS) is 1. The molecule has 6 atom stereocenters. The van der Waals surface area contributed by atoms with Gasteiger partial charge in [-0.05, 0) is 30.7 Å². The quantitative estimate of drug-likeness (QED) is 0.128. The number of nitrogens with one attached hydrogen (secondary N) is 2. The van der Waals surface area contributed by atoms with Gasteiger partial charge in [-0.1, -0.05) is 59.1 Å². The van der Waals surface area contributed by atoms with Crippen LogP contribution in [0.4, 0.5) is 5.69 Å². The predicted octanol–water partition coefficient (Wildman–Crippen LogP) is 2.71. The van der Waals surface area contributed by atoms with Crippen LogP contribution in [-0.4, -0.2) is 58.0 Å². The first kappa shape index (κ1) is 33.5. The Morgan fingerprint density at radius 3 is 2.18 bits per heavy atom. The molecule has 0 bridgehead atoms. The molecule has 1 rings (SSSR count). The molecular formula is C27H42N4O8. The second kappa shape index (κ2) is 16.4. The molecule has 0 saturated carbocycles. The molecule has 12 nitrogen and oxygen atoms in total. The number of hydrogen-bond acceptors (Lipinski definition) is 8. The number of nitro groups is 1. The highest BCUT2D eigenvalue weighted by atomic mass is 16.6. The number of nitrogens with two attached hydrogens (primary N) is 1. The van der Waals surface area contributed by atoms with Crippen molar-refractivity contribution in [1.82, 2.24) is 10.6 Å². The zero-order valence-electron chi connectivity index (χ0n) is 23.3. The van der Waals surface area contributed by atoms with Crippen molar-refractivity contribution in [3.05, 3.63) is 39.9 Å². The maximum atomic E-state index is 13.1. The number of carboxylic acids is 1. The Kier molecular flexibility index (Phi) is 14.1. The molecule has 0 unspecified atom stereocenters. The molecule has 218 valence electrons. The molecule has 1 aromatic carbocycles. The van der Waals surface area contributed by atoms with Crippen LogP contribution in [-0.2, 0) is 30.3 Å². The first-order valence-corrected chi connectivity index (χ1v) is 13.3. The van der Waals surface area contributed by atoms with Gasteiger partial charge in [0.1, 0.15) is 24.2 Å². The van der Waals surface area contributed by atoms with Gasteiger partial charge in [0.15, 0.2) is 0 Å². The third-order valence-electron chi connectivity index (χ3n) is 6.80. The first-order valence-electron chi connectivity index (χ1n) is 13.3. The molecule has 0 heterocycles. The van der Waals surface area contributed by atoms with Crippen molar-refractivity contribution in [3.8, 4) is 0 Å². The number of carbonyl (C=O) groups excluding carboxylic acids is 3. The summed E-state index contributed by atoms with van der Waals surface area (Å²) in [6.45, 7) is 8.95. The summed E-state index contributed by atoms with van der Waals surface area (Å²) >= 11 is 0. The molecule has 0 saturated heterocycles. The molecule has 1 aromatic rings. The summed E-state index contributed by atoms with van der Waals surface area (Å²) in [5, 5.41) is 25.1. The fraction of sp³-hybridized carbons (Fsp3) is 0.630. The normalized spacial score (nSPS) is 15.6. The molecule has 0 spiro atoms. The molecule has 0 aliphatic carbocycles. The highest BCUT2D eigenvalue weighted by Crippen LogP contribution is 2.21. The van der Waals surface area contributed by atoms with E-state index in [0.717, 1.165) is 12.8 Å². The molecule has 12 heteroatoms. The molecule has 39 heavy (non-hydrogen) atoms. The fourth-order valence-corrected chi connectivity index (χ4v) is 3.80. The summed E-state index contributed by atoms with van der Waals surface area (Å²) in [5.74, 6) is -3.41. The topological polar surface area (TPSA) is 191 Å². The van der Waals surface area contributed by atoms with Crippen LogP contribution in [0, 0.1) is 22.0 Å². The zero-order valence-corrected chi connectivity index (χ0v) is 23.3. The number of ether oxygens (including phenoxy) is 1. The number of aliphatic carboxylic acids is 1. The Morgan fingerprint density at radius 2 is 1.67 bits per heavy atom. The van der Waals surface area contributed by atoms with Gasteiger partial charge in [-0.3, -0.25) is 29.3 Å². The highest BCUT2D eigenvalue weighted by molar-refractivity contribution is 5.90. The van der Waals surface area contributed by atoms with Crippen LogP contribution in [0.25, 0.3) is 0 Å². The summed E-state index contributed by atoms with van der Waals surface area (Å²) in [7, 11) is 0. The lowest BCUT2D eigenvalue weighted by Gasteiger charge is -2.27. The van der Waals surface area contributed by atoms with Crippen molar-refractivity contribution in [3.63, 3.8) is 0 Å². The summed E-state index contributed by atoms with van der Waals surface area (Å²) in [6, 6.07) is 2.24. The summed E-state index contributed by atoms with van der Waals surface area (Å²) < 4.78 is 5.69. The van der Waals surface area contributed by atoms with Crippen LogP contribution in [0.5, 0.6) is 0 Å². The maximum absolute atomic E-state index is 13.1. The molecular weight excluding hydrogens is 508 g/mol. The summed E-state index contributed by atoms with van der Waals surface area (Å²) in [4.78, 5) is 60.4. The van der Waals surface area contributed by atoms with E-state index in [4.69, 9.17) is 10.5 Å². The number of nitrogens with zero attached hydrogens (tertiary/aromatic N) is 1. The highest BCUT2D eigenvalue weighted by Gasteiger charge is 2.31. The molecule has 0 aliphatic heterocycles. The van der Waals surface area contributed by atoms with Gasteiger partial charge in [0.2, 0.25) is 11.8 Å². The maximum Gasteiger partial charge on any atom is 0.325 e. The van der Waals surface area contributed by atoms with E-state index in [-0.39, 0.29) is 30.4 Å². The second-order valence-corrected chi connectivity index (χ2v) is 10.0. The number of unbranched alkanes of at least 4 members (excludes halogenated alkanes) is 1. The van der Waals surface area contributed by atoms with E-state index >= 15 is 0 Å². The number of carbonyl (C=O) groups is 4. The van der Waals surface area contributed by atoms with Gasteiger partial charge in [0, 0.05) is 18.6 Å². The number of non-ortho nitro benzene ring substituents is 1. The lowest BCUT2D eigenvalue weighted by Crippen LogP contribution is -2.52. The fourth-order valence-electron chi connectivity index (χ4n) is 3.80. The van der Waals surface area contributed by atoms with E-state index in [2.05, 4.69) is 10.6 Å². The van der Waals surface area contributed by atoms with Crippen LogP contribution in [0.15, 0.2) is 24.3 Å². The van der Waals surface area contributed by atoms with Gasteiger partial charge in [0.05, 0.1) is 11.3 Å². The van der Waals surface area contributed by atoms with E-state index in [1.54, 1.807) is 0 Å². The van der Waals surface area contributed by atoms with E-state index in [9.17, 15) is 34.4 Å². The van der Waals surface area contributed by atoms with E-state index in [0.29, 0.717) is 18.4 Å². The van der Waals surface area contributed by atoms with Crippen LogP contribution in [0.3, 0.4) is 0 Å². The van der Waals surface area contributed by atoms with Crippen LogP contribution in [0.1, 0.15) is 72.3 Å². The van der Waals surface area contributed by atoms with Gasteiger partial charge in [-0.2, -0.15) is 0 Å². The van der Waals surface area contributed by atoms with Gasteiger partial charge >= 0.3 is 11.9 Å². The van der Waals surface area contributed by atoms with Crippen molar-refractivity contribution in [2.24, 2.45) is 17.6 Å². The number of hydrogen-bond donors (Lipinski definition) is 4. The number of esters is 1. The second-order valence-electron chi connectivity index (χ2n) is 10.0. The minimum atomic E-state index is -1.25. The smallest absolute Gasteiger partial charge is 0.325 e. The largest absolute Gasteiger partial charge is 0.480 e. The molecule has 2 amide bonds. The van der Waals surface area contributed by atoms with Crippen molar-refractivity contribution in [2.75, 3.05) is 0 Å². The summed E-state index contributed by atoms with van der Waals surface area (Å²) in [6.07, 6.45) is 2.14. The van der Waals surface area contributed by atoms with Crippen LogP contribution < -0.4 is 16.4 Å². The Hall–Kier alpha value is -3.54. The number of benzene rings is 1. The average molecular weight is 551 g/mol. The van der Waals surface area contributed by atoms with E-state index < -0.39 is 52.9 Å². The van der Waals surface area contributed by atoms with Crippen molar-refractivity contribution < 1.29 is 33.9 Å². The molecule has 0 aromatic heterocycles. The minimum absolute atomic E-state index is 0.0450. The van der Waals surface area contributed by atoms with Gasteiger partial charge in [-0.15, -0.1) is 0 Å². The zero-order chi connectivity index (χ0) is 29.7. The monoisotopic (exact) mass is 550 g/mol. The van der Waals surface area contributed by atoms with Crippen LogP contribution in [0.2, 0.25) is 0 Å². The molecule has 5 N–H and O–H groups in total. The standard InChI is InChI=1S/C27H42N4O8/c1-6-8-9-17(4)22(39-27(36)24(28)16(3)7-2)15-23(32)30-21(25(33)29-18(5)26(34)35)14-19-10-12-20(13-11-19)31(37)38/h10-13,16-18,21-22,24H,6-9,14-15,28H2,1-5H3,(H,29,33)(H,30,32)(H,34,35)/t16-,17-,18-,21-,22-,24+/m0/s1. The van der Waals surface area contributed by atoms with Gasteiger partial charge in [0.25, 0.3) is 5.69 Å². The van der Waals surface area contributed by atoms with Crippen molar-refractivity contribution in [1.29, 1.82) is 0 Å². The predicted molar refractivity (Wildman–Crippen MR) is 145 cm³/mol. The molecule has 0 radical (unpaired) electrons. The molecule has 0 aliphatic rings. The Bertz CT molecular complexity index is 985. The Labute approximate surface area is 229 Å². The lowest BCUT2D eigenvalue weighted by molar-refractivity contribution is -0.384. The van der Waals surface area contributed by atoms with Crippen LogP contribution >= 0.6 is 0 Å². The first-order chi connectivity index (χ1) is 18.3. The van der Waals surface area contributed by atoms with Gasteiger partial charge < -0.3 is 26.2 Å². The Balaban J connectivity index is 3.11. The third kappa shape index (κ3) is 11.4. The number of nitro benzene ring substituents is 1. The van der Waals surface area contributed by atoms with Crippen molar-refractivity contribution in [2.45, 2.75) is 97.4 Å². The average Bonchev–Trinajstić information content (AvgIpc) is 2.89. The van der Waals surface area contributed by atoms with E-state index in [1.807, 2.05) is 27.7 Å². The molecule has 0 fully saturated rings. The van der Waals surface area contributed by atoms with Gasteiger partial charge in [-0.25, -0.2) is 0 Å². The van der Waals surface area contributed by atoms with Crippen molar-refractivity contribution >= 4 is 29.4 Å². The third-order valence-corrected chi connectivity index (χ3v) is 6.80.